The van der Waals surface area contributed by atoms with Crippen molar-refractivity contribution in [3.8, 4) is 0 Å². The van der Waals surface area contributed by atoms with E-state index in [1.807, 2.05) is 27.7 Å². The maximum absolute atomic E-state index is 9.90. The molecule has 1 N–H and O–H groups in total. The first-order valence-electron chi connectivity index (χ1n) is 8.65. The zero-order chi connectivity index (χ0) is 17.6. The molecule has 7 heteroatoms. The van der Waals surface area contributed by atoms with E-state index in [-0.39, 0.29) is 25.0 Å². The number of rotatable bonds is 8. The molecule has 2 aliphatic rings. The lowest BCUT2D eigenvalue weighted by Crippen LogP contribution is -2.41. The molecule has 2 rings (SSSR count). The van der Waals surface area contributed by atoms with Crippen molar-refractivity contribution in [1.29, 1.82) is 0 Å². The predicted octanol–water partition coefficient (Wildman–Crippen LogP) is 1.18. The summed E-state index contributed by atoms with van der Waals surface area (Å²) in [6, 6.07) is 0. The fourth-order valence-corrected chi connectivity index (χ4v) is 2.44. The van der Waals surface area contributed by atoms with Crippen LogP contribution in [0.2, 0.25) is 0 Å². The molecule has 0 atom stereocenters. The number of hydrogen-bond acceptors (Lipinski definition) is 7. The van der Waals surface area contributed by atoms with Crippen molar-refractivity contribution in [2.75, 3.05) is 52.9 Å². The third-order valence-electron chi connectivity index (χ3n) is 3.99. The zero-order valence-electron chi connectivity index (χ0n) is 15.3. The standard InChI is InChI=1S/C17H32O7/c1-16(2)21-7-13(8-22-16)5-19-11-15(18)12-20-6-14-9-23-17(3,4)24-10-14/h13-15,18H,5-12H2,1-4H3. The van der Waals surface area contributed by atoms with Crippen LogP contribution in [0.3, 0.4) is 0 Å². The van der Waals surface area contributed by atoms with Crippen molar-refractivity contribution >= 4 is 0 Å². The number of hydrogen-bond donors (Lipinski definition) is 1. The summed E-state index contributed by atoms with van der Waals surface area (Å²) in [5.74, 6) is -0.617. The van der Waals surface area contributed by atoms with E-state index in [1.165, 1.54) is 0 Å². The molecule has 24 heavy (non-hydrogen) atoms. The van der Waals surface area contributed by atoms with E-state index in [0.717, 1.165) is 0 Å². The summed E-state index contributed by atoms with van der Waals surface area (Å²) in [5.41, 5.74) is 0. The van der Waals surface area contributed by atoms with E-state index in [0.29, 0.717) is 39.6 Å². The Hall–Kier alpha value is -0.280. The zero-order valence-corrected chi connectivity index (χ0v) is 15.3. The molecule has 0 spiro atoms. The Morgan fingerprint density at radius 2 is 1.12 bits per heavy atom. The van der Waals surface area contributed by atoms with Crippen LogP contribution in [0.5, 0.6) is 0 Å². The largest absolute Gasteiger partial charge is 0.388 e. The third-order valence-corrected chi connectivity index (χ3v) is 3.99. The fraction of sp³-hybridized carbons (Fsp3) is 1.00. The minimum atomic E-state index is -0.645. The lowest BCUT2D eigenvalue weighted by atomic mass is 10.1. The Morgan fingerprint density at radius 1 is 0.792 bits per heavy atom. The highest BCUT2D eigenvalue weighted by molar-refractivity contribution is 4.68. The molecule has 2 aliphatic heterocycles. The van der Waals surface area contributed by atoms with Crippen molar-refractivity contribution in [3.63, 3.8) is 0 Å². The van der Waals surface area contributed by atoms with Crippen LogP contribution in [-0.2, 0) is 28.4 Å². The van der Waals surface area contributed by atoms with Crippen molar-refractivity contribution in [2.45, 2.75) is 45.4 Å². The monoisotopic (exact) mass is 348 g/mol. The lowest BCUT2D eigenvalue weighted by Gasteiger charge is -2.35. The van der Waals surface area contributed by atoms with Gasteiger partial charge in [0, 0.05) is 11.8 Å². The summed E-state index contributed by atoms with van der Waals surface area (Å²) in [4.78, 5) is 0. The van der Waals surface area contributed by atoms with Gasteiger partial charge < -0.3 is 33.5 Å². The van der Waals surface area contributed by atoms with Gasteiger partial charge in [-0.2, -0.15) is 0 Å². The van der Waals surface area contributed by atoms with E-state index in [4.69, 9.17) is 28.4 Å². The molecule has 0 aromatic heterocycles. The Morgan fingerprint density at radius 3 is 1.46 bits per heavy atom. The molecule has 0 aromatic carbocycles. The second-order valence-corrected chi connectivity index (χ2v) is 7.50. The van der Waals surface area contributed by atoms with Gasteiger partial charge in [0.2, 0.25) is 0 Å². The van der Waals surface area contributed by atoms with Gasteiger partial charge in [0.25, 0.3) is 0 Å². The molecule has 2 heterocycles. The van der Waals surface area contributed by atoms with E-state index < -0.39 is 17.7 Å². The Labute approximate surface area is 144 Å². The summed E-state index contributed by atoms with van der Waals surface area (Å²) in [6.07, 6.45) is -0.645. The lowest BCUT2D eigenvalue weighted by molar-refractivity contribution is -0.267. The van der Waals surface area contributed by atoms with Crippen LogP contribution in [0.1, 0.15) is 27.7 Å². The molecule has 0 amide bonds. The normalized spacial score (nSPS) is 25.2. The average Bonchev–Trinajstić information content (AvgIpc) is 2.51. The maximum atomic E-state index is 9.90. The van der Waals surface area contributed by atoms with Crippen LogP contribution in [0.4, 0.5) is 0 Å². The van der Waals surface area contributed by atoms with Crippen molar-refractivity contribution in [3.05, 3.63) is 0 Å². The fourth-order valence-electron chi connectivity index (χ4n) is 2.44. The van der Waals surface area contributed by atoms with Crippen molar-refractivity contribution < 1.29 is 33.5 Å². The highest BCUT2D eigenvalue weighted by Gasteiger charge is 2.29. The molecular formula is C17H32O7. The van der Waals surface area contributed by atoms with Gasteiger partial charge in [-0.1, -0.05) is 0 Å². The number of aliphatic hydroxyl groups is 1. The summed E-state index contributed by atoms with van der Waals surface area (Å²) in [5, 5.41) is 9.90. The molecule has 0 radical (unpaired) electrons. The predicted molar refractivity (Wildman–Crippen MR) is 86.6 cm³/mol. The minimum absolute atomic E-state index is 0.200. The van der Waals surface area contributed by atoms with E-state index in [2.05, 4.69) is 0 Å². The smallest absolute Gasteiger partial charge is 0.162 e. The number of aliphatic hydroxyl groups excluding tert-OH is 1. The highest BCUT2D eigenvalue weighted by Crippen LogP contribution is 2.21. The van der Waals surface area contributed by atoms with Gasteiger partial charge in [-0.05, 0) is 27.7 Å². The second-order valence-electron chi connectivity index (χ2n) is 7.50. The first-order chi connectivity index (χ1) is 11.3. The average molecular weight is 348 g/mol. The van der Waals surface area contributed by atoms with Gasteiger partial charge in [0.1, 0.15) is 6.10 Å². The molecule has 0 unspecified atom stereocenters. The SMILES string of the molecule is CC1(C)OCC(COCC(O)COCC2COC(C)(C)OC2)CO1. The van der Waals surface area contributed by atoms with Gasteiger partial charge in [0.05, 0.1) is 52.9 Å². The van der Waals surface area contributed by atoms with Gasteiger partial charge >= 0.3 is 0 Å². The van der Waals surface area contributed by atoms with Gasteiger partial charge in [-0.3, -0.25) is 0 Å². The Kier molecular flexibility index (Phi) is 7.42. The minimum Gasteiger partial charge on any atom is -0.388 e. The first kappa shape index (κ1) is 20.0. The van der Waals surface area contributed by atoms with Crippen LogP contribution in [-0.4, -0.2) is 75.6 Å². The highest BCUT2D eigenvalue weighted by atomic mass is 16.7. The molecular weight excluding hydrogens is 316 g/mol. The van der Waals surface area contributed by atoms with Gasteiger partial charge in [-0.25, -0.2) is 0 Å². The third kappa shape index (κ3) is 7.31. The summed E-state index contributed by atoms with van der Waals surface area (Å²) in [6.45, 7) is 11.5. The van der Waals surface area contributed by atoms with Crippen molar-refractivity contribution in [2.24, 2.45) is 11.8 Å². The van der Waals surface area contributed by atoms with Gasteiger partial charge in [0.15, 0.2) is 11.6 Å². The molecule has 7 nitrogen and oxygen atoms in total. The molecule has 0 aliphatic carbocycles. The van der Waals surface area contributed by atoms with E-state index in [9.17, 15) is 5.11 Å². The topological polar surface area (TPSA) is 75.6 Å². The summed E-state index contributed by atoms with van der Waals surface area (Å²) < 4.78 is 33.3. The second kappa shape index (κ2) is 8.89. The van der Waals surface area contributed by atoms with Crippen LogP contribution < -0.4 is 0 Å². The molecule has 2 fully saturated rings. The molecule has 142 valence electrons. The quantitative estimate of drug-likeness (QED) is 0.706. The van der Waals surface area contributed by atoms with Gasteiger partial charge in [-0.15, -0.1) is 0 Å². The van der Waals surface area contributed by atoms with Crippen LogP contribution >= 0.6 is 0 Å². The van der Waals surface area contributed by atoms with Crippen LogP contribution in [0.25, 0.3) is 0 Å². The first-order valence-corrected chi connectivity index (χ1v) is 8.65. The van der Waals surface area contributed by atoms with Crippen LogP contribution in [0, 0.1) is 11.8 Å². The molecule has 2 saturated heterocycles. The molecule has 0 bridgehead atoms. The molecule has 0 saturated carbocycles. The van der Waals surface area contributed by atoms with E-state index in [1.54, 1.807) is 0 Å². The maximum Gasteiger partial charge on any atom is 0.162 e. The summed E-state index contributed by atoms with van der Waals surface area (Å²) in [7, 11) is 0. The Balaban J connectivity index is 1.48. The number of ether oxygens (including phenoxy) is 6. The van der Waals surface area contributed by atoms with Crippen molar-refractivity contribution in [1.82, 2.24) is 0 Å². The summed E-state index contributed by atoms with van der Waals surface area (Å²) >= 11 is 0. The molecule has 0 aromatic rings. The van der Waals surface area contributed by atoms with Crippen LogP contribution in [0.15, 0.2) is 0 Å². The van der Waals surface area contributed by atoms with E-state index >= 15 is 0 Å². The Bertz CT molecular complexity index is 318.